The first-order chi connectivity index (χ1) is 9.81. The highest BCUT2D eigenvalue weighted by molar-refractivity contribution is 6.03. The zero-order chi connectivity index (χ0) is 16.0. The number of phenols is 1. The summed E-state index contributed by atoms with van der Waals surface area (Å²) < 4.78 is 10.2. The first kappa shape index (κ1) is 17.0. The van der Waals surface area contributed by atoms with Gasteiger partial charge in [0.15, 0.2) is 0 Å². The average molecular weight is 294 g/mol. The van der Waals surface area contributed by atoms with Gasteiger partial charge < -0.3 is 14.6 Å². The molecule has 0 aromatic heterocycles. The van der Waals surface area contributed by atoms with E-state index in [1.807, 2.05) is 27.7 Å². The van der Waals surface area contributed by atoms with Gasteiger partial charge in [-0.1, -0.05) is 27.7 Å². The minimum atomic E-state index is -0.643. The molecule has 0 fully saturated rings. The minimum Gasteiger partial charge on any atom is -0.508 e. The molecule has 0 aliphatic heterocycles. The number of hydrogen-bond donors (Lipinski definition) is 1. The maximum Gasteiger partial charge on any atom is 0.339 e. The molecule has 5 nitrogen and oxygen atoms in total. The van der Waals surface area contributed by atoms with E-state index in [0.717, 1.165) is 0 Å². The van der Waals surface area contributed by atoms with Gasteiger partial charge >= 0.3 is 11.9 Å². The van der Waals surface area contributed by atoms with Crippen molar-refractivity contribution in [3.8, 4) is 5.75 Å². The number of rotatable bonds is 6. The summed E-state index contributed by atoms with van der Waals surface area (Å²) in [5.41, 5.74) is 0.117. The normalized spacial score (nSPS) is 10.8. The third-order valence-corrected chi connectivity index (χ3v) is 2.54. The van der Waals surface area contributed by atoms with Crippen molar-refractivity contribution < 1.29 is 24.2 Å². The van der Waals surface area contributed by atoms with Crippen LogP contribution in [0.1, 0.15) is 48.4 Å². The van der Waals surface area contributed by atoms with Gasteiger partial charge in [0.2, 0.25) is 0 Å². The van der Waals surface area contributed by atoms with Crippen LogP contribution < -0.4 is 0 Å². The molecule has 5 heteroatoms. The summed E-state index contributed by atoms with van der Waals surface area (Å²) in [5, 5.41) is 9.50. The van der Waals surface area contributed by atoms with Crippen molar-refractivity contribution in [1.82, 2.24) is 0 Å². The third kappa shape index (κ3) is 5.45. The molecular weight excluding hydrogens is 272 g/mol. The van der Waals surface area contributed by atoms with E-state index in [1.54, 1.807) is 0 Å². The third-order valence-electron chi connectivity index (χ3n) is 2.54. The molecule has 0 heterocycles. The summed E-state index contributed by atoms with van der Waals surface area (Å²) in [6.45, 7) is 8.17. The summed E-state index contributed by atoms with van der Waals surface area (Å²) in [6.07, 6.45) is 0. The largest absolute Gasteiger partial charge is 0.508 e. The van der Waals surface area contributed by atoms with Gasteiger partial charge in [-0.2, -0.15) is 0 Å². The Hall–Kier alpha value is -2.04. The molecule has 0 atom stereocenters. The second kappa shape index (κ2) is 7.67. The maximum absolute atomic E-state index is 12.0. The number of benzene rings is 1. The first-order valence-corrected chi connectivity index (χ1v) is 6.98. The van der Waals surface area contributed by atoms with E-state index in [1.165, 1.54) is 18.2 Å². The van der Waals surface area contributed by atoms with Crippen molar-refractivity contribution in [2.75, 3.05) is 13.2 Å². The Kier molecular flexibility index (Phi) is 6.21. The van der Waals surface area contributed by atoms with Gasteiger partial charge in [0, 0.05) is 0 Å². The lowest BCUT2D eigenvalue weighted by Crippen LogP contribution is -2.17. The molecule has 0 amide bonds. The Balaban J connectivity index is 2.93. The summed E-state index contributed by atoms with van der Waals surface area (Å²) >= 11 is 0. The molecule has 0 saturated carbocycles. The molecule has 0 aliphatic rings. The van der Waals surface area contributed by atoms with Crippen LogP contribution in [0.4, 0.5) is 0 Å². The molecule has 1 aromatic rings. The van der Waals surface area contributed by atoms with Crippen LogP contribution in [0.2, 0.25) is 0 Å². The standard InChI is InChI=1S/C16H22O5/c1-10(2)8-20-15(18)13-6-5-12(17)7-14(13)16(19)21-9-11(3)4/h5-7,10-11,17H,8-9H2,1-4H3. The highest BCUT2D eigenvalue weighted by Gasteiger charge is 2.20. The Morgan fingerprint density at radius 3 is 1.90 bits per heavy atom. The fraction of sp³-hybridized carbons (Fsp3) is 0.500. The molecule has 0 aliphatic carbocycles. The second-order valence-electron chi connectivity index (χ2n) is 5.71. The van der Waals surface area contributed by atoms with Crippen LogP contribution in [0.3, 0.4) is 0 Å². The molecule has 0 radical (unpaired) electrons. The number of carbonyl (C=O) groups excluding carboxylic acids is 2. The van der Waals surface area contributed by atoms with E-state index in [2.05, 4.69) is 0 Å². The van der Waals surface area contributed by atoms with E-state index < -0.39 is 11.9 Å². The van der Waals surface area contributed by atoms with Crippen LogP contribution in [-0.4, -0.2) is 30.3 Å². The molecular formula is C16H22O5. The van der Waals surface area contributed by atoms with Gasteiger partial charge in [0.05, 0.1) is 24.3 Å². The SMILES string of the molecule is CC(C)COC(=O)c1ccc(O)cc1C(=O)OCC(C)C. The predicted molar refractivity (Wildman–Crippen MR) is 78.3 cm³/mol. The number of aromatic hydroxyl groups is 1. The van der Waals surface area contributed by atoms with Crippen LogP contribution in [-0.2, 0) is 9.47 Å². The predicted octanol–water partition coefficient (Wildman–Crippen LogP) is 3.02. The molecule has 0 saturated heterocycles. The first-order valence-electron chi connectivity index (χ1n) is 6.98. The van der Waals surface area contributed by atoms with Gasteiger partial charge in [-0.15, -0.1) is 0 Å². The molecule has 0 bridgehead atoms. The van der Waals surface area contributed by atoms with Crippen LogP contribution in [0.15, 0.2) is 18.2 Å². The molecule has 1 aromatic carbocycles. The fourth-order valence-electron chi connectivity index (χ4n) is 1.52. The number of carbonyl (C=O) groups is 2. The Morgan fingerprint density at radius 1 is 0.952 bits per heavy atom. The topological polar surface area (TPSA) is 72.8 Å². The van der Waals surface area contributed by atoms with Crippen LogP contribution >= 0.6 is 0 Å². The van der Waals surface area contributed by atoms with Crippen molar-refractivity contribution in [3.05, 3.63) is 29.3 Å². The molecule has 21 heavy (non-hydrogen) atoms. The molecule has 0 spiro atoms. The van der Waals surface area contributed by atoms with Crippen molar-refractivity contribution in [1.29, 1.82) is 0 Å². The molecule has 0 unspecified atom stereocenters. The number of phenolic OH excluding ortho intramolecular Hbond substituents is 1. The lowest BCUT2D eigenvalue weighted by Gasteiger charge is -2.12. The summed E-state index contributed by atoms with van der Waals surface area (Å²) in [4.78, 5) is 24.0. The quantitative estimate of drug-likeness (QED) is 0.816. The zero-order valence-electron chi connectivity index (χ0n) is 12.9. The smallest absolute Gasteiger partial charge is 0.339 e. The van der Waals surface area contributed by atoms with Crippen molar-refractivity contribution in [2.45, 2.75) is 27.7 Å². The van der Waals surface area contributed by atoms with Crippen molar-refractivity contribution >= 4 is 11.9 Å². The Bertz CT molecular complexity index is 505. The monoisotopic (exact) mass is 294 g/mol. The van der Waals surface area contributed by atoms with Gasteiger partial charge in [-0.05, 0) is 30.0 Å². The van der Waals surface area contributed by atoms with Gasteiger partial charge in [0.1, 0.15) is 5.75 Å². The fourth-order valence-corrected chi connectivity index (χ4v) is 1.52. The Morgan fingerprint density at radius 2 is 1.43 bits per heavy atom. The zero-order valence-corrected chi connectivity index (χ0v) is 12.9. The van der Waals surface area contributed by atoms with Crippen LogP contribution in [0.5, 0.6) is 5.75 Å². The number of ether oxygens (including phenoxy) is 2. The summed E-state index contributed by atoms with van der Waals surface area (Å²) in [5.74, 6) is -0.965. The number of esters is 2. The summed E-state index contributed by atoms with van der Waals surface area (Å²) in [6, 6.07) is 3.92. The van der Waals surface area contributed by atoms with E-state index in [9.17, 15) is 14.7 Å². The van der Waals surface area contributed by atoms with E-state index in [-0.39, 0.29) is 41.9 Å². The highest BCUT2D eigenvalue weighted by atomic mass is 16.5. The van der Waals surface area contributed by atoms with Crippen LogP contribution in [0, 0.1) is 11.8 Å². The van der Waals surface area contributed by atoms with Crippen LogP contribution in [0.25, 0.3) is 0 Å². The minimum absolute atomic E-state index is 0.0180. The second-order valence-corrected chi connectivity index (χ2v) is 5.71. The highest BCUT2D eigenvalue weighted by Crippen LogP contribution is 2.19. The molecule has 1 N–H and O–H groups in total. The van der Waals surface area contributed by atoms with Gasteiger partial charge in [-0.3, -0.25) is 0 Å². The van der Waals surface area contributed by atoms with Gasteiger partial charge in [0.25, 0.3) is 0 Å². The van der Waals surface area contributed by atoms with Crippen molar-refractivity contribution in [2.24, 2.45) is 11.8 Å². The maximum atomic E-state index is 12.0. The molecule has 1 rings (SSSR count). The van der Waals surface area contributed by atoms with E-state index >= 15 is 0 Å². The molecule has 116 valence electrons. The van der Waals surface area contributed by atoms with E-state index in [4.69, 9.17) is 9.47 Å². The van der Waals surface area contributed by atoms with Gasteiger partial charge in [-0.25, -0.2) is 9.59 Å². The summed E-state index contributed by atoms with van der Waals surface area (Å²) in [7, 11) is 0. The number of hydrogen-bond acceptors (Lipinski definition) is 5. The Labute approximate surface area is 124 Å². The van der Waals surface area contributed by atoms with Crippen molar-refractivity contribution in [3.63, 3.8) is 0 Å². The lowest BCUT2D eigenvalue weighted by atomic mass is 10.1. The van der Waals surface area contributed by atoms with E-state index in [0.29, 0.717) is 0 Å². The average Bonchev–Trinajstić information content (AvgIpc) is 2.41. The lowest BCUT2D eigenvalue weighted by molar-refractivity contribution is 0.0412.